The molecule has 5 heteroatoms. The van der Waals surface area contributed by atoms with Crippen LogP contribution in [0.5, 0.6) is 0 Å². The normalized spacial score (nSPS) is 12.9. The van der Waals surface area contributed by atoms with E-state index in [0.717, 1.165) is 10.7 Å². The minimum absolute atomic E-state index is 0.187. The van der Waals surface area contributed by atoms with Crippen molar-refractivity contribution in [3.05, 3.63) is 35.4 Å². The minimum atomic E-state index is -3.01. The maximum atomic E-state index is 12.1. The Labute approximate surface area is 139 Å². The summed E-state index contributed by atoms with van der Waals surface area (Å²) in [5.74, 6) is 0.218. The van der Waals surface area contributed by atoms with Crippen LogP contribution >= 0.6 is 31.9 Å². The molecule has 0 aliphatic carbocycles. The van der Waals surface area contributed by atoms with Crippen LogP contribution in [0.25, 0.3) is 0 Å². The Bertz CT molecular complexity index is 535. The molecule has 0 amide bonds. The van der Waals surface area contributed by atoms with Crippen molar-refractivity contribution < 1.29 is 8.42 Å². The molecule has 0 N–H and O–H groups in total. The standard InChI is InChI=1S/C15H22Br2O2S/c1-12(2)20(18,19)9-8-15(10-16,11-17)14-7-5-4-6-13(14)3/h4-7,12H,8-11H2,1-3H3. The van der Waals surface area contributed by atoms with Gasteiger partial charge in [-0.05, 0) is 38.3 Å². The predicted molar refractivity (Wildman–Crippen MR) is 94.0 cm³/mol. The van der Waals surface area contributed by atoms with Crippen molar-refractivity contribution in [2.45, 2.75) is 37.9 Å². The van der Waals surface area contributed by atoms with Crippen LogP contribution < -0.4 is 0 Å². The van der Waals surface area contributed by atoms with Gasteiger partial charge in [0.05, 0.1) is 11.0 Å². The average molecular weight is 426 g/mol. The lowest BCUT2D eigenvalue weighted by atomic mass is 9.80. The van der Waals surface area contributed by atoms with Crippen LogP contribution in [0.3, 0.4) is 0 Å². The summed E-state index contributed by atoms with van der Waals surface area (Å²) in [6.07, 6.45) is 0.620. The number of hydrogen-bond donors (Lipinski definition) is 0. The molecule has 0 saturated carbocycles. The number of hydrogen-bond acceptors (Lipinski definition) is 2. The van der Waals surface area contributed by atoms with Gasteiger partial charge in [-0.3, -0.25) is 0 Å². The topological polar surface area (TPSA) is 34.1 Å². The number of benzene rings is 1. The minimum Gasteiger partial charge on any atom is -0.229 e. The third kappa shape index (κ3) is 4.08. The van der Waals surface area contributed by atoms with Crippen molar-refractivity contribution in [3.63, 3.8) is 0 Å². The van der Waals surface area contributed by atoms with Crippen LogP contribution in [0.4, 0.5) is 0 Å². The van der Waals surface area contributed by atoms with Gasteiger partial charge in [-0.1, -0.05) is 56.1 Å². The van der Waals surface area contributed by atoms with Crippen LogP contribution in [-0.4, -0.2) is 30.1 Å². The van der Waals surface area contributed by atoms with Gasteiger partial charge in [0, 0.05) is 16.1 Å². The smallest absolute Gasteiger partial charge is 0.152 e. The maximum Gasteiger partial charge on any atom is 0.152 e. The Morgan fingerprint density at radius 3 is 2.15 bits per heavy atom. The fourth-order valence-corrected chi connectivity index (χ4v) is 5.43. The van der Waals surface area contributed by atoms with Gasteiger partial charge in [0.15, 0.2) is 9.84 Å². The second kappa shape index (κ2) is 7.41. The van der Waals surface area contributed by atoms with Crippen LogP contribution in [-0.2, 0) is 15.3 Å². The van der Waals surface area contributed by atoms with E-state index >= 15 is 0 Å². The average Bonchev–Trinajstić information content (AvgIpc) is 2.42. The quantitative estimate of drug-likeness (QED) is 0.612. The highest BCUT2D eigenvalue weighted by Crippen LogP contribution is 2.35. The summed E-state index contributed by atoms with van der Waals surface area (Å²) in [6, 6.07) is 8.20. The first-order valence-corrected chi connectivity index (χ1v) is 10.6. The summed E-state index contributed by atoms with van der Waals surface area (Å²) >= 11 is 7.17. The van der Waals surface area contributed by atoms with Gasteiger partial charge >= 0.3 is 0 Å². The molecule has 1 rings (SSSR count). The van der Waals surface area contributed by atoms with E-state index in [2.05, 4.69) is 50.9 Å². The molecule has 20 heavy (non-hydrogen) atoms. The van der Waals surface area contributed by atoms with E-state index in [4.69, 9.17) is 0 Å². The SMILES string of the molecule is Cc1ccccc1C(CBr)(CBr)CCS(=O)(=O)C(C)C. The molecule has 1 aromatic carbocycles. The summed E-state index contributed by atoms with van der Waals surface area (Å²) < 4.78 is 24.2. The molecule has 0 atom stereocenters. The number of aryl methyl sites for hydroxylation is 1. The van der Waals surface area contributed by atoms with Crippen molar-refractivity contribution in [3.8, 4) is 0 Å². The van der Waals surface area contributed by atoms with E-state index in [1.165, 1.54) is 11.1 Å². The Hall–Kier alpha value is 0.130. The monoisotopic (exact) mass is 424 g/mol. The van der Waals surface area contributed by atoms with Crippen molar-refractivity contribution in [1.82, 2.24) is 0 Å². The van der Waals surface area contributed by atoms with E-state index in [-0.39, 0.29) is 16.4 Å². The molecule has 0 aliphatic heterocycles. The van der Waals surface area contributed by atoms with Gasteiger partial charge in [0.1, 0.15) is 0 Å². The number of halogens is 2. The van der Waals surface area contributed by atoms with Gasteiger partial charge in [-0.15, -0.1) is 0 Å². The Morgan fingerprint density at radius 2 is 1.70 bits per heavy atom. The van der Waals surface area contributed by atoms with E-state index < -0.39 is 9.84 Å². The molecular formula is C15H22Br2O2S. The molecule has 0 aromatic heterocycles. The van der Waals surface area contributed by atoms with Crippen molar-refractivity contribution in [1.29, 1.82) is 0 Å². The number of rotatable bonds is 7. The second-order valence-corrected chi connectivity index (χ2v) is 9.33. The molecule has 0 spiro atoms. The summed E-state index contributed by atoms with van der Waals surface area (Å²) in [5, 5.41) is 1.16. The fourth-order valence-electron chi connectivity index (χ4n) is 2.19. The Balaban J connectivity index is 3.09. The first-order valence-electron chi connectivity index (χ1n) is 6.68. The third-order valence-electron chi connectivity index (χ3n) is 3.81. The van der Waals surface area contributed by atoms with Crippen LogP contribution in [0.2, 0.25) is 0 Å². The highest BCUT2D eigenvalue weighted by atomic mass is 79.9. The molecular weight excluding hydrogens is 404 g/mol. The molecule has 0 heterocycles. The summed E-state index contributed by atoms with van der Waals surface area (Å²) in [5.41, 5.74) is 2.23. The Morgan fingerprint density at radius 1 is 1.15 bits per heavy atom. The van der Waals surface area contributed by atoms with Gasteiger partial charge in [0.25, 0.3) is 0 Å². The highest BCUT2D eigenvalue weighted by Gasteiger charge is 2.33. The highest BCUT2D eigenvalue weighted by molar-refractivity contribution is 9.09. The predicted octanol–water partition coefficient (Wildman–Crippen LogP) is 4.24. The fraction of sp³-hybridized carbons (Fsp3) is 0.600. The van der Waals surface area contributed by atoms with E-state index in [9.17, 15) is 8.42 Å². The first-order chi connectivity index (χ1) is 9.29. The molecule has 0 aliphatic rings. The summed E-state index contributed by atoms with van der Waals surface area (Å²) in [7, 11) is -3.01. The zero-order chi connectivity index (χ0) is 15.4. The summed E-state index contributed by atoms with van der Waals surface area (Å²) in [6.45, 7) is 5.56. The van der Waals surface area contributed by atoms with E-state index in [1.807, 2.05) is 12.1 Å². The van der Waals surface area contributed by atoms with Crippen molar-refractivity contribution in [2.75, 3.05) is 16.4 Å². The van der Waals surface area contributed by atoms with Crippen LogP contribution in [0, 0.1) is 6.92 Å². The Kier molecular flexibility index (Phi) is 6.74. The maximum absolute atomic E-state index is 12.1. The molecule has 0 saturated heterocycles. The molecule has 0 fully saturated rings. The third-order valence-corrected chi connectivity index (χ3v) is 8.17. The lowest BCUT2D eigenvalue weighted by Crippen LogP contribution is -2.34. The van der Waals surface area contributed by atoms with E-state index in [1.54, 1.807) is 13.8 Å². The van der Waals surface area contributed by atoms with Crippen LogP contribution in [0.15, 0.2) is 24.3 Å². The first kappa shape index (κ1) is 18.2. The zero-order valence-electron chi connectivity index (χ0n) is 12.2. The van der Waals surface area contributed by atoms with Gasteiger partial charge in [-0.2, -0.15) is 0 Å². The second-order valence-electron chi connectivity index (χ2n) is 5.53. The van der Waals surface area contributed by atoms with Crippen molar-refractivity contribution >= 4 is 41.7 Å². The van der Waals surface area contributed by atoms with Crippen molar-refractivity contribution in [2.24, 2.45) is 0 Å². The lowest BCUT2D eigenvalue weighted by molar-refractivity contribution is 0.518. The van der Waals surface area contributed by atoms with Crippen LogP contribution in [0.1, 0.15) is 31.4 Å². The van der Waals surface area contributed by atoms with Gasteiger partial charge in [0.2, 0.25) is 0 Å². The summed E-state index contributed by atoms with van der Waals surface area (Å²) in [4.78, 5) is 0. The largest absolute Gasteiger partial charge is 0.229 e. The lowest BCUT2D eigenvalue weighted by Gasteiger charge is -2.32. The number of alkyl halides is 2. The molecule has 114 valence electrons. The molecule has 0 bridgehead atoms. The van der Waals surface area contributed by atoms with Gasteiger partial charge < -0.3 is 0 Å². The molecule has 1 aromatic rings. The molecule has 0 unspecified atom stereocenters. The molecule has 2 nitrogen and oxygen atoms in total. The number of sulfone groups is 1. The van der Waals surface area contributed by atoms with Gasteiger partial charge in [-0.25, -0.2) is 8.42 Å². The zero-order valence-corrected chi connectivity index (χ0v) is 16.2. The van der Waals surface area contributed by atoms with E-state index in [0.29, 0.717) is 6.42 Å². The molecule has 0 radical (unpaired) electrons.